The molecule has 0 amide bonds. The summed E-state index contributed by atoms with van der Waals surface area (Å²) in [4.78, 5) is 15.5. The average Bonchev–Trinajstić information content (AvgIpc) is 2.42. The molecule has 5 nitrogen and oxygen atoms in total. The molecule has 1 aromatic carbocycles. The third-order valence-corrected chi connectivity index (χ3v) is 1.65. The number of halogens is 1. The van der Waals surface area contributed by atoms with Crippen LogP contribution in [-0.4, -0.2) is 14.9 Å². The quantitative estimate of drug-likeness (QED) is 0.536. The maximum atomic E-state index is 12.5. The normalized spacial score (nSPS) is 10.5. The Morgan fingerprint density at radius 3 is 3.00 bits per heavy atom. The molecule has 13 heavy (non-hydrogen) atoms. The number of nitro groups is 1. The van der Waals surface area contributed by atoms with Gasteiger partial charge in [-0.2, -0.15) is 4.39 Å². The number of imidazole rings is 1. The lowest BCUT2D eigenvalue weighted by Gasteiger charge is -1.89. The lowest BCUT2D eigenvalue weighted by atomic mass is 10.3. The fraction of sp³-hybridized carbons (Fsp3) is 0. The van der Waals surface area contributed by atoms with Gasteiger partial charge in [0.1, 0.15) is 0 Å². The summed E-state index contributed by atoms with van der Waals surface area (Å²) in [5.74, 6) is 0. The summed E-state index contributed by atoms with van der Waals surface area (Å²) >= 11 is 0. The molecule has 0 aliphatic carbocycles. The van der Waals surface area contributed by atoms with Crippen molar-refractivity contribution in [1.82, 2.24) is 9.97 Å². The molecule has 6 heteroatoms. The number of nitrogens with one attached hydrogen (secondary N) is 1. The van der Waals surface area contributed by atoms with Crippen LogP contribution in [0.25, 0.3) is 11.0 Å². The second-order valence-electron chi connectivity index (χ2n) is 2.49. The molecule has 0 unspecified atom stereocenters. The molecule has 2 aromatic rings. The maximum Gasteiger partial charge on any atom is 0.287 e. The van der Waals surface area contributed by atoms with Crippen molar-refractivity contribution in [3.63, 3.8) is 0 Å². The highest BCUT2D eigenvalue weighted by Gasteiger charge is 2.08. The van der Waals surface area contributed by atoms with Crippen LogP contribution < -0.4 is 0 Å². The summed E-state index contributed by atoms with van der Waals surface area (Å²) in [5.41, 5.74) is 0.617. The maximum absolute atomic E-state index is 12.5. The monoisotopic (exact) mass is 181 g/mol. The highest BCUT2D eigenvalue weighted by molar-refractivity contribution is 5.77. The van der Waals surface area contributed by atoms with E-state index in [4.69, 9.17) is 0 Å². The first-order valence-electron chi connectivity index (χ1n) is 3.46. The smallest absolute Gasteiger partial charge is 0.287 e. The number of rotatable bonds is 1. The van der Waals surface area contributed by atoms with Crippen molar-refractivity contribution < 1.29 is 9.31 Å². The third kappa shape index (κ3) is 1.22. The van der Waals surface area contributed by atoms with Gasteiger partial charge in [-0.15, -0.1) is 0 Å². The van der Waals surface area contributed by atoms with Crippen LogP contribution in [0.2, 0.25) is 0 Å². The first-order valence-corrected chi connectivity index (χ1v) is 3.46. The molecule has 2 rings (SSSR count). The third-order valence-electron chi connectivity index (χ3n) is 1.65. The van der Waals surface area contributed by atoms with Gasteiger partial charge in [-0.05, 0) is 6.07 Å². The number of non-ortho nitro benzene ring substituents is 1. The molecular weight excluding hydrogens is 177 g/mol. The molecule has 0 spiro atoms. The molecule has 0 saturated heterocycles. The van der Waals surface area contributed by atoms with Gasteiger partial charge in [-0.1, -0.05) is 0 Å². The fourth-order valence-electron chi connectivity index (χ4n) is 1.08. The van der Waals surface area contributed by atoms with Crippen molar-refractivity contribution in [3.8, 4) is 0 Å². The summed E-state index contributed by atoms with van der Waals surface area (Å²) in [6.07, 6.45) is -0.740. The Morgan fingerprint density at radius 2 is 2.31 bits per heavy atom. The van der Waals surface area contributed by atoms with E-state index < -0.39 is 11.0 Å². The Bertz CT molecular complexity index is 480. The number of hydrogen-bond donors (Lipinski definition) is 1. The highest BCUT2D eigenvalue weighted by atomic mass is 19.1. The van der Waals surface area contributed by atoms with Crippen LogP contribution in [0.1, 0.15) is 0 Å². The predicted molar refractivity (Wildman–Crippen MR) is 42.7 cm³/mol. The molecule has 0 saturated carbocycles. The summed E-state index contributed by atoms with van der Waals surface area (Å²) < 4.78 is 12.5. The largest absolute Gasteiger partial charge is 0.314 e. The van der Waals surface area contributed by atoms with Gasteiger partial charge in [0, 0.05) is 12.1 Å². The molecule has 0 aliphatic rings. The van der Waals surface area contributed by atoms with Crippen molar-refractivity contribution in [3.05, 3.63) is 34.4 Å². The topological polar surface area (TPSA) is 71.8 Å². The van der Waals surface area contributed by atoms with Gasteiger partial charge in [-0.25, -0.2) is 4.98 Å². The lowest BCUT2D eigenvalue weighted by molar-refractivity contribution is -0.384. The lowest BCUT2D eigenvalue weighted by Crippen LogP contribution is -1.86. The predicted octanol–water partition coefficient (Wildman–Crippen LogP) is 1.61. The van der Waals surface area contributed by atoms with Gasteiger partial charge in [0.2, 0.25) is 0 Å². The number of H-pyrrole nitrogens is 1. The minimum absolute atomic E-state index is 0.0869. The van der Waals surface area contributed by atoms with Gasteiger partial charge in [0.25, 0.3) is 11.8 Å². The zero-order valence-corrected chi connectivity index (χ0v) is 6.32. The molecule has 0 radical (unpaired) electrons. The van der Waals surface area contributed by atoms with E-state index in [0.717, 1.165) is 0 Å². The van der Waals surface area contributed by atoms with Crippen molar-refractivity contribution in [2.24, 2.45) is 0 Å². The van der Waals surface area contributed by atoms with Crippen molar-refractivity contribution in [2.75, 3.05) is 0 Å². The zero-order valence-electron chi connectivity index (χ0n) is 6.32. The molecule has 0 aliphatic heterocycles. The number of aromatic amines is 1. The van der Waals surface area contributed by atoms with Crippen molar-refractivity contribution in [2.45, 2.75) is 0 Å². The summed E-state index contributed by atoms with van der Waals surface area (Å²) in [7, 11) is 0. The van der Waals surface area contributed by atoms with Crippen molar-refractivity contribution in [1.29, 1.82) is 0 Å². The fourth-order valence-corrected chi connectivity index (χ4v) is 1.08. The summed E-state index contributed by atoms with van der Waals surface area (Å²) in [6.45, 7) is 0. The standard InChI is InChI=1S/C7H4FN3O2/c8-7-9-5-2-1-4(11(12)13)3-6(5)10-7/h1-3H,(H,9,10). The van der Waals surface area contributed by atoms with Gasteiger partial charge >= 0.3 is 0 Å². The number of aromatic nitrogens is 2. The SMILES string of the molecule is O=[N+]([O-])c1ccc2nc(F)[nH]c2c1. The number of benzene rings is 1. The zero-order chi connectivity index (χ0) is 9.42. The van der Waals surface area contributed by atoms with Crippen molar-refractivity contribution >= 4 is 16.7 Å². The number of fused-ring (bicyclic) bond motifs is 1. The molecule has 0 bridgehead atoms. The minimum Gasteiger partial charge on any atom is -0.314 e. The van der Waals surface area contributed by atoms with Gasteiger partial charge in [0.05, 0.1) is 16.0 Å². The summed E-state index contributed by atoms with van der Waals surface area (Å²) in [5, 5.41) is 10.3. The number of hydrogen-bond acceptors (Lipinski definition) is 3. The van der Waals surface area contributed by atoms with E-state index in [1.807, 2.05) is 0 Å². The number of nitro benzene ring substituents is 1. The number of nitrogens with zero attached hydrogens (tertiary/aromatic N) is 2. The Morgan fingerprint density at radius 1 is 1.54 bits per heavy atom. The van der Waals surface area contributed by atoms with Crippen LogP contribution in [0.15, 0.2) is 18.2 Å². The molecule has 66 valence electrons. The Balaban J connectivity index is 2.67. The Kier molecular flexibility index (Phi) is 1.48. The Labute approximate surface area is 71.4 Å². The van der Waals surface area contributed by atoms with Gasteiger partial charge in [0.15, 0.2) is 0 Å². The van der Waals surface area contributed by atoms with Crippen LogP contribution in [0.3, 0.4) is 0 Å². The summed E-state index contributed by atoms with van der Waals surface area (Å²) in [6, 6.07) is 3.92. The molecular formula is C7H4FN3O2. The second-order valence-corrected chi connectivity index (χ2v) is 2.49. The van der Waals surface area contributed by atoms with E-state index in [2.05, 4.69) is 9.97 Å². The van der Waals surface area contributed by atoms with Crippen LogP contribution in [0.5, 0.6) is 0 Å². The molecule has 0 fully saturated rings. The van der Waals surface area contributed by atoms with Gasteiger partial charge < -0.3 is 4.98 Å². The molecule has 1 heterocycles. The average molecular weight is 181 g/mol. The van der Waals surface area contributed by atoms with E-state index in [0.29, 0.717) is 11.0 Å². The Hall–Kier alpha value is -1.98. The van der Waals surface area contributed by atoms with Crippen LogP contribution >= 0.6 is 0 Å². The molecule has 1 N–H and O–H groups in total. The van der Waals surface area contributed by atoms with Gasteiger partial charge in [-0.3, -0.25) is 10.1 Å². The minimum atomic E-state index is -0.740. The van der Waals surface area contributed by atoms with E-state index >= 15 is 0 Å². The van der Waals surface area contributed by atoms with Crippen LogP contribution in [-0.2, 0) is 0 Å². The first kappa shape index (κ1) is 7.66. The highest BCUT2D eigenvalue weighted by Crippen LogP contribution is 2.18. The van der Waals surface area contributed by atoms with Crippen LogP contribution in [0, 0.1) is 16.2 Å². The van der Waals surface area contributed by atoms with E-state index in [-0.39, 0.29) is 5.69 Å². The molecule has 1 aromatic heterocycles. The first-order chi connectivity index (χ1) is 6.16. The second kappa shape index (κ2) is 2.51. The molecule has 0 atom stereocenters. The van der Waals surface area contributed by atoms with E-state index in [1.165, 1.54) is 18.2 Å². The van der Waals surface area contributed by atoms with E-state index in [9.17, 15) is 14.5 Å². The van der Waals surface area contributed by atoms with E-state index in [1.54, 1.807) is 0 Å². The van der Waals surface area contributed by atoms with Crippen LogP contribution in [0.4, 0.5) is 10.1 Å².